The van der Waals surface area contributed by atoms with Crippen LogP contribution < -0.4 is 4.74 Å². The van der Waals surface area contributed by atoms with E-state index in [1.54, 1.807) is 17.0 Å². The SMILES string of the molecule is COc1c(Cl)cc(C(=O)N2CCN(Cc3cc(C)no3)CC2)cc1Cl. The summed E-state index contributed by atoms with van der Waals surface area (Å²) in [7, 11) is 1.49. The molecule has 25 heavy (non-hydrogen) atoms. The van der Waals surface area contributed by atoms with Crippen LogP contribution in [-0.4, -0.2) is 54.2 Å². The normalized spacial score (nSPS) is 15.4. The van der Waals surface area contributed by atoms with Crippen LogP contribution in [0, 0.1) is 6.92 Å². The molecule has 1 aliphatic heterocycles. The Bertz CT molecular complexity index is 747. The van der Waals surface area contributed by atoms with Crippen LogP contribution in [-0.2, 0) is 6.54 Å². The predicted octanol–water partition coefficient (Wildman–Crippen LogP) is 3.26. The standard InChI is InChI=1S/C17H19Cl2N3O3/c1-11-7-13(25-20-11)10-21-3-5-22(6-4-21)17(23)12-8-14(18)16(24-2)15(19)9-12/h7-9H,3-6,10H2,1-2H3. The maximum absolute atomic E-state index is 12.7. The number of methoxy groups -OCH3 is 1. The van der Waals surface area contributed by atoms with E-state index in [2.05, 4.69) is 10.1 Å². The molecule has 8 heteroatoms. The molecule has 1 saturated heterocycles. The first-order valence-electron chi connectivity index (χ1n) is 7.95. The first-order valence-corrected chi connectivity index (χ1v) is 8.70. The molecule has 0 radical (unpaired) electrons. The number of aryl methyl sites for hydroxylation is 1. The predicted molar refractivity (Wildman–Crippen MR) is 95.4 cm³/mol. The minimum atomic E-state index is -0.0818. The second-order valence-electron chi connectivity index (χ2n) is 5.98. The molecule has 6 nitrogen and oxygen atoms in total. The number of rotatable bonds is 4. The van der Waals surface area contributed by atoms with Crippen LogP contribution in [0.2, 0.25) is 10.0 Å². The van der Waals surface area contributed by atoms with Crippen LogP contribution in [0.5, 0.6) is 5.75 Å². The van der Waals surface area contributed by atoms with Gasteiger partial charge in [-0.3, -0.25) is 9.69 Å². The van der Waals surface area contributed by atoms with Crippen LogP contribution in [0.4, 0.5) is 0 Å². The van der Waals surface area contributed by atoms with E-state index in [1.807, 2.05) is 13.0 Å². The van der Waals surface area contributed by atoms with Crippen molar-refractivity contribution in [3.8, 4) is 5.75 Å². The monoisotopic (exact) mass is 383 g/mol. The van der Waals surface area contributed by atoms with Crippen LogP contribution in [0.15, 0.2) is 22.7 Å². The highest BCUT2D eigenvalue weighted by molar-refractivity contribution is 6.37. The third kappa shape index (κ3) is 4.08. The number of piperazine rings is 1. The summed E-state index contributed by atoms with van der Waals surface area (Å²) in [6.45, 7) is 5.39. The van der Waals surface area contributed by atoms with Gasteiger partial charge in [0.2, 0.25) is 0 Å². The molecule has 1 amide bonds. The Morgan fingerprint density at radius 1 is 1.20 bits per heavy atom. The molecular formula is C17H19Cl2N3O3. The highest BCUT2D eigenvalue weighted by atomic mass is 35.5. The molecule has 134 valence electrons. The highest BCUT2D eigenvalue weighted by Crippen LogP contribution is 2.34. The lowest BCUT2D eigenvalue weighted by Gasteiger charge is -2.34. The van der Waals surface area contributed by atoms with Gasteiger partial charge in [-0.1, -0.05) is 28.4 Å². The van der Waals surface area contributed by atoms with Gasteiger partial charge in [0.25, 0.3) is 5.91 Å². The zero-order valence-electron chi connectivity index (χ0n) is 14.1. The lowest BCUT2D eigenvalue weighted by Crippen LogP contribution is -2.48. The Morgan fingerprint density at radius 2 is 1.84 bits per heavy atom. The molecule has 2 aromatic rings. The zero-order valence-corrected chi connectivity index (χ0v) is 15.6. The van der Waals surface area contributed by atoms with Gasteiger partial charge in [-0.05, 0) is 19.1 Å². The van der Waals surface area contributed by atoms with Gasteiger partial charge in [-0.15, -0.1) is 0 Å². The molecule has 0 N–H and O–H groups in total. The van der Waals surface area contributed by atoms with E-state index in [-0.39, 0.29) is 5.91 Å². The first-order chi connectivity index (χ1) is 12.0. The van der Waals surface area contributed by atoms with E-state index in [0.717, 1.165) is 24.5 Å². The average Bonchev–Trinajstić information content (AvgIpc) is 2.99. The molecule has 0 atom stereocenters. The molecule has 1 aromatic heterocycles. The first kappa shape index (κ1) is 18.0. The van der Waals surface area contributed by atoms with E-state index < -0.39 is 0 Å². The molecular weight excluding hydrogens is 365 g/mol. The number of hydrogen-bond donors (Lipinski definition) is 0. The quantitative estimate of drug-likeness (QED) is 0.810. The lowest BCUT2D eigenvalue weighted by molar-refractivity contribution is 0.0617. The number of amides is 1. The van der Waals surface area contributed by atoms with Crippen molar-refractivity contribution in [3.63, 3.8) is 0 Å². The van der Waals surface area contributed by atoms with Gasteiger partial charge >= 0.3 is 0 Å². The van der Waals surface area contributed by atoms with Gasteiger partial charge in [0.1, 0.15) is 0 Å². The fourth-order valence-corrected chi connectivity index (χ4v) is 3.52. The second-order valence-corrected chi connectivity index (χ2v) is 6.79. The molecule has 3 rings (SSSR count). The molecule has 0 bridgehead atoms. The van der Waals surface area contributed by atoms with E-state index in [0.29, 0.717) is 41.0 Å². The Balaban J connectivity index is 1.61. The summed E-state index contributed by atoms with van der Waals surface area (Å²) in [5.74, 6) is 1.14. The summed E-state index contributed by atoms with van der Waals surface area (Å²) in [6.07, 6.45) is 0. The van der Waals surface area contributed by atoms with Crippen molar-refractivity contribution in [1.29, 1.82) is 0 Å². The third-order valence-electron chi connectivity index (χ3n) is 4.17. The Kier molecular flexibility index (Phi) is 5.51. The summed E-state index contributed by atoms with van der Waals surface area (Å²) in [4.78, 5) is 16.7. The molecule has 0 saturated carbocycles. The van der Waals surface area contributed by atoms with Crippen LogP contribution in [0.1, 0.15) is 21.8 Å². The van der Waals surface area contributed by atoms with Gasteiger partial charge in [0.15, 0.2) is 11.5 Å². The molecule has 1 aliphatic rings. The number of carbonyl (C=O) groups is 1. The Labute approximate surface area is 156 Å². The summed E-state index contributed by atoms with van der Waals surface area (Å²) < 4.78 is 10.4. The molecule has 2 heterocycles. The zero-order chi connectivity index (χ0) is 18.0. The number of nitrogens with zero attached hydrogens (tertiary/aromatic N) is 3. The van der Waals surface area contributed by atoms with Crippen LogP contribution >= 0.6 is 23.2 Å². The van der Waals surface area contributed by atoms with E-state index >= 15 is 0 Å². The van der Waals surface area contributed by atoms with E-state index in [9.17, 15) is 4.79 Å². The summed E-state index contributed by atoms with van der Waals surface area (Å²) >= 11 is 12.3. The fraction of sp³-hybridized carbons (Fsp3) is 0.412. The Morgan fingerprint density at radius 3 is 2.36 bits per heavy atom. The largest absolute Gasteiger partial charge is 0.494 e. The number of ether oxygens (including phenoxy) is 1. The minimum absolute atomic E-state index is 0.0818. The van der Waals surface area contributed by atoms with Gasteiger partial charge in [-0.2, -0.15) is 0 Å². The summed E-state index contributed by atoms with van der Waals surface area (Å²) in [5.41, 5.74) is 1.34. The van der Waals surface area contributed by atoms with Crippen molar-refractivity contribution in [3.05, 3.63) is 45.3 Å². The maximum Gasteiger partial charge on any atom is 0.254 e. The van der Waals surface area contributed by atoms with Crippen molar-refractivity contribution >= 4 is 29.1 Å². The van der Waals surface area contributed by atoms with E-state index in [4.69, 9.17) is 32.5 Å². The van der Waals surface area contributed by atoms with E-state index in [1.165, 1.54) is 7.11 Å². The minimum Gasteiger partial charge on any atom is -0.494 e. The number of carbonyl (C=O) groups excluding carboxylic acids is 1. The molecule has 0 spiro atoms. The van der Waals surface area contributed by atoms with Gasteiger partial charge in [-0.25, -0.2) is 0 Å². The molecule has 0 aliphatic carbocycles. The second kappa shape index (κ2) is 7.64. The molecule has 1 aromatic carbocycles. The lowest BCUT2D eigenvalue weighted by atomic mass is 10.1. The Hall–Kier alpha value is -1.76. The summed E-state index contributed by atoms with van der Waals surface area (Å²) in [6, 6.07) is 5.12. The van der Waals surface area contributed by atoms with Crippen molar-refractivity contribution < 1.29 is 14.1 Å². The van der Waals surface area contributed by atoms with Crippen LogP contribution in [0.3, 0.4) is 0 Å². The van der Waals surface area contributed by atoms with Gasteiger partial charge in [0, 0.05) is 37.8 Å². The third-order valence-corrected chi connectivity index (χ3v) is 4.73. The van der Waals surface area contributed by atoms with Crippen molar-refractivity contribution in [2.75, 3.05) is 33.3 Å². The van der Waals surface area contributed by atoms with Crippen molar-refractivity contribution in [2.45, 2.75) is 13.5 Å². The van der Waals surface area contributed by atoms with Gasteiger partial charge in [0.05, 0.1) is 29.4 Å². The smallest absolute Gasteiger partial charge is 0.254 e. The molecule has 1 fully saturated rings. The fourth-order valence-electron chi connectivity index (χ4n) is 2.88. The maximum atomic E-state index is 12.7. The van der Waals surface area contributed by atoms with Gasteiger partial charge < -0.3 is 14.2 Å². The number of halogens is 2. The van der Waals surface area contributed by atoms with Crippen molar-refractivity contribution in [1.82, 2.24) is 15.0 Å². The van der Waals surface area contributed by atoms with Crippen LogP contribution in [0.25, 0.3) is 0 Å². The number of hydrogen-bond acceptors (Lipinski definition) is 5. The topological polar surface area (TPSA) is 58.8 Å². The van der Waals surface area contributed by atoms with Crippen molar-refractivity contribution in [2.24, 2.45) is 0 Å². The average molecular weight is 384 g/mol. The number of benzene rings is 1. The highest BCUT2D eigenvalue weighted by Gasteiger charge is 2.24. The number of aromatic nitrogens is 1. The molecule has 0 unspecified atom stereocenters. The summed E-state index contributed by atoms with van der Waals surface area (Å²) in [5, 5.41) is 4.56.